The van der Waals surface area contributed by atoms with Gasteiger partial charge in [0, 0.05) is 6.42 Å². The summed E-state index contributed by atoms with van der Waals surface area (Å²) in [6.45, 7) is 18.4. The molecular weight excluding hydrogens is 348 g/mol. The van der Waals surface area contributed by atoms with E-state index in [0.717, 1.165) is 35.0 Å². The molecule has 3 atom stereocenters. The van der Waals surface area contributed by atoms with Crippen LogP contribution in [0, 0.1) is 0 Å². The van der Waals surface area contributed by atoms with Gasteiger partial charge in [0.15, 0.2) is 0 Å². The van der Waals surface area contributed by atoms with Crippen molar-refractivity contribution in [2.45, 2.75) is 101 Å². The summed E-state index contributed by atoms with van der Waals surface area (Å²) in [5, 5.41) is 11.5. The standard InChI is InChI=1S/C24H40O2Si/c1-8-16-24(25,21-12-10-9-11-13-21)23-15-14-22(26-23)17-27(18(2)3,19(4)5)20(6)7/h8-13,18-20,22-23,25H,1,14-17H2,2-7H3/t22-,23-,24?/m1/s1. The van der Waals surface area contributed by atoms with Crippen molar-refractivity contribution in [3.8, 4) is 0 Å². The molecule has 1 unspecified atom stereocenters. The van der Waals surface area contributed by atoms with Crippen LogP contribution in [0.25, 0.3) is 0 Å². The van der Waals surface area contributed by atoms with Crippen LogP contribution in [-0.2, 0) is 10.3 Å². The average molecular weight is 389 g/mol. The Morgan fingerprint density at radius 3 is 2.11 bits per heavy atom. The largest absolute Gasteiger partial charge is 0.382 e. The molecule has 2 nitrogen and oxygen atoms in total. The van der Waals surface area contributed by atoms with Crippen molar-refractivity contribution in [2.24, 2.45) is 0 Å². The van der Waals surface area contributed by atoms with Crippen LogP contribution in [-0.4, -0.2) is 25.4 Å². The van der Waals surface area contributed by atoms with Gasteiger partial charge in [0.05, 0.1) is 20.3 Å². The molecule has 1 saturated heterocycles. The van der Waals surface area contributed by atoms with Crippen molar-refractivity contribution in [1.82, 2.24) is 0 Å². The van der Waals surface area contributed by atoms with Crippen molar-refractivity contribution in [3.05, 3.63) is 48.6 Å². The van der Waals surface area contributed by atoms with E-state index >= 15 is 0 Å². The monoisotopic (exact) mass is 388 g/mol. The molecule has 1 fully saturated rings. The molecule has 1 aromatic carbocycles. The highest BCUT2D eigenvalue weighted by Crippen LogP contribution is 2.48. The number of hydrogen-bond acceptors (Lipinski definition) is 2. The third-order valence-electron chi connectivity index (χ3n) is 7.18. The van der Waals surface area contributed by atoms with E-state index in [9.17, 15) is 5.11 Å². The molecule has 3 heteroatoms. The minimum absolute atomic E-state index is 0.152. The summed E-state index contributed by atoms with van der Waals surface area (Å²) in [6.07, 6.45) is 4.43. The highest BCUT2D eigenvalue weighted by atomic mass is 28.3. The molecule has 1 aromatic rings. The number of hydrogen-bond donors (Lipinski definition) is 1. The Kier molecular flexibility index (Phi) is 7.52. The van der Waals surface area contributed by atoms with Crippen molar-refractivity contribution in [1.29, 1.82) is 0 Å². The molecule has 0 radical (unpaired) electrons. The van der Waals surface area contributed by atoms with E-state index in [1.807, 2.05) is 36.4 Å². The SMILES string of the molecule is C=CCC(O)(c1ccccc1)[C@H]1CC[C@H](C[Si](C(C)C)(C(C)C)C(C)C)O1. The zero-order valence-electron chi connectivity index (χ0n) is 18.2. The maximum Gasteiger partial charge on any atom is 0.119 e. The van der Waals surface area contributed by atoms with E-state index in [4.69, 9.17) is 4.74 Å². The first-order valence-corrected chi connectivity index (χ1v) is 13.2. The second-order valence-electron chi connectivity index (χ2n) is 9.39. The Hall–Kier alpha value is -0.903. The van der Waals surface area contributed by atoms with Crippen LogP contribution in [0.2, 0.25) is 22.7 Å². The zero-order valence-corrected chi connectivity index (χ0v) is 19.2. The highest BCUT2D eigenvalue weighted by Gasteiger charge is 2.48. The Morgan fingerprint density at radius 2 is 1.63 bits per heavy atom. The maximum absolute atomic E-state index is 11.5. The van der Waals surface area contributed by atoms with E-state index in [1.54, 1.807) is 0 Å². The third-order valence-corrected chi connectivity index (χ3v) is 14.8. The summed E-state index contributed by atoms with van der Waals surface area (Å²) in [6, 6.07) is 11.2. The summed E-state index contributed by atoms with van der Waals surface area (Å²) in [7, 11) is -1.51. The lowest BCUT2D eigenvalue weighted by Crippen LogP contribution is -2.47. The normalized spacial score (nSPS) is 23.2. The molecule has 1 aliphatic heterocycles. The number of rotatable bonds is 9. The molecule has 0 aromatic heterocycles. The van der Waals surface area contributed by atoms with E-state index in [1.165, 1.54) is 6.04 Å². The quantitative estimate of drug-likeness (QED) is 0.378. The smallest absolute Gasteiger partial charge is 0.119 e. The lowest BCUT2D eigenvalue weighted by molar-refractivity contribution is -0.104. The van der Waals surface area contributed by atoms with Crippen molar-refractivity contribution >= 4 is 8.07 Å². The Balaban J connectivity index is 2.22. The Bertz CT molecular complexity index is 574. The fraction of sp³-hybridized carbons (Fsp3) is 0.667. The number of ether oxygens (including phenoxy) is 1. The van der Waals surface area contributed by atoms with Crippen LogP contribution in [0.15, 0.2) is 43.0 Å². The Labute approximate surface area is 168 Å². The molecule has 2 rings (SSSR count). The third kappa shape index (κ3) is 4.41. The first-order valence-electron chi connectivity index (χ1n) is 10.7. The number of benzene rings is 1. The molecule has 0 amide bonds. The molecule has 0 saturated carbocycles. The second kappa shape index (κ2) is 9.06. The summed E-state index contributed by atoms with van der Waals surface area (Å²) in [5.41, 5.74) is 2.18. The van der Waals surface area contributed by atoms with Crippen LogP contribution in [0.5, 0.6) is 0 Å². The van der Waals surface area contributed by atoms with Gasteiger partial charge in [-0.3, -0.25) is 0 Å². The summed E-state index contributed by atoms with van der Waals surface area (Å²) < 4.78 is 6.58. The van der Waals surface area contributed by atoms with Gasteiger partial charge >= 0.3 is 0 Å². The first kappa shape index (κ1) is 22.4. The average Bonchev–Trinajstić information content (AvgIpc) is 3.08. The van der Waals surface area contributed by atoms with Gasteiger partial charge in [-0.1, -0.05) is 94.6 Å². The predicted octanol–water partition coefficient (Wildman–Crippen LogP) is 6.68. The van der Waals surface area contributed by atoms with Gasteiger partial charge in [-0.25, -0.2) is 0 Å². The van der Waals surface area contributed by atoms with Gasteiger partial charge < -0.3 is 9.84 Å². The molecule has 152 valence electrons. The van der Waals surface area contributed by atoms with Crippen LogP contribution in [0.4, 0.5) is 0 Å². The van der Waals surface area contributed by atoms with Gasteiger partial charge in [-0.05, 0) is 24.4 Å². The minimum Gasteiger partial charge on any atom is -0.382 e. The van der Waals surface area contributed by atoms with Gasteiger partial charge in [0.25, 0.3) is 0 Å². The van der Waals surface area contributed by atoms with Gasteiger partial charge in [0.1, 0.15) is 5.60 Å². The minimum atomic E-state index is -1.51. The zero-order chi connectivity index (χ0) is 20.2. The molecule has 1 N–H and O–H groups in total. The number of aliphatic hydroxyl groups is 1. The fourth-order valence-corrected chi connectivity index (χ4v) is 12.2. The fourth-order valence-electron chi connectivity index (χ4n) is 5.69. The van der Waals surface area contributed by atoms with Gasteiger partial charge in [-0.2, -0.15) is 0 Å². The van der Waals surface area contributed by atoms with Gasteiger partial charge in [-0.15, -0.1) is 6.58 Å². The van der Waals surface area contributed by atoms with E-state index in [2.05, 4.69) is 48.1 Å². The predicted molar refractivity (Wildman–Crippen MR) is 119 cm³/mol. The van der Waals surface area contributed by atoms with Crippen LogP contribution >= 0.6 is 0 Å². The Morgan fingerprint density at radius 1 is 1.07 bits per heavy atom. The summed E-state index contributed by atoms with van der Waals surface area (Å²) >= 11 is 0. The van der Waals surface area contributed by atoms with E-state index in [-0.39, 0.29) is 12.2 Å². The molecule has 27 heavy (non-hydrogen) atoms. The lowest BCUT2D eigenvalue weighted by atomic mass is 9.84. The van der Waals surface area contributed by atoms with Crippen LogP contribution < -0.4 is 0 Å². The molecule has 0 bridgehead atoms. The van der Waals surface area contributed by atoms with Crippen molar-refractivity contribution < 1.29 is 9.84 Å². The maximum atomic E-state index is 11.5. The topological polar surface area (TPSA) is 29.5 Å². The second-order valence-corrected chi connectivity index (χ2v) is 15.5. The summed E-state index contributed by atoms with van der Waals surface area (Å²) in [5.74, 6) is 0. The molecule has 1 heterocycles. The first-order chi connectivity index (χ1) is 12.7. The molecule has 0 spiro atoms. The van der Waals surface area contributed by atoms with Gasteiger partial charge in [0.2, 0.25) is 0 Å². The molecule has 0 aliphatic carbocycles. The van der Waals surface area contributed by atoms with Crippen LogP contribution in [0.1, 0.15) is 66.4 Å². The van der Waals surface area contributed by atoms with E-state index < -0.39 is 13.7 Å². The van der Waals surface area contributed by atoms with Crippen molar-refractivity contribution in [3.63, 3.8) is 0 Å². The molecular formula is C24H40O2Si. The van der Waals surface area contributed by atoms with Crippen LogP contribution in [0.3, 0.4) is 0 Å². The van der Waals surface area contributed by atoms with Crippen molar-refractivity contribution in [2.75, 3.05) is 0 Å². The molecule has 1 aliphatic rings. The lowest BCUT2D eigenvalue weighted by Gasteiger charge is -2.45. The summed E-state index contributed by atoms with van der Waals surface area (Å²) in [4.78, 5) is 0. The van der Waals surface area contributed by atoms with E-state index in [0.29, 0.717) is 6.42 Å². The highest BCUT2D eigenvalue weighted by molar-refractivity contribution is 6.83.